The van der Waals surface area contributed by atoms with Gasteiger partial charge in [-0.15, -0.1) is 0 Å². The highest BCUT2D eigenvalue weighted by Gasteiger charge is 2.33. The van der Waals surface area contributed by atoms with Crippen LogP contribution in [0.1, 0.15) is 63.2 Å². The number of likely N-dealkylation sites (tertiary alicyclic amines) is 1. The van der Waals surface area contributed by atoms with E-state index >= 15 is 8.78 Å². The standard InChI is InChI=1S/C37H35ClF2N6O4/c1-44-13-12-29-28(19-44)42-35(45(29)2)36(47)43-27-8-4-7-26(31(27)38)23-5-3-6-25-24(23)9-10-30(25)50-34-21(16-41)15-22(32(39)33(34)40)18-46-14-11-20(17-46)37(48)49/h3-8,15,20,30H,9-14,17-19H2,1-2H3,(H,43,47)(H,48,49). The lowest BCUT2D eigenvalue weighted by molar-refractivity contribution is -0.141. The van der Waals surface area contributed by atoms with Gasteiger partial charge in [0.2, 0.25) is 5.82 Å². The molecule has 2 atom stereocenters. The molecule has 10 nitrogen and oxygen atoms in total. The first-order chi connectivity index (χ1) is 24.0. The number of likely N-dealkylation sites (N-methyl/N-ethyl adjacent to an activating group) is 1. The summed E-state index contributed by atoms with van der Waals surface area (Å²) in [6.07, 6.45) is 1.59. The third-order valence-corrected chi connectivity index (χ3v) is 10.4. The van der Waals surface area contributed by atoms with Crippen LogP contribution < -0.4 is 10.1 Å². The number of benzene rings is 3. The number of hydrogen-bond acceptors (Lipinski definition) is 7. The highest BCUT2D eigenvalue weighted by molar-refractivity contribution is 6.36. The average molecular weight is 701 g/mol. The van der Waals surface area contributed by atoms with Crippen LogP contribution >= 0.6 is 11.6 Å². The molecule has 2 unspecified atom stereocenters. The number of aliphatic carboxylic acids is 1. The molecule has 1 amide bonds. The maximum absolute atomic E-state index is 15.6. The Bertz CT molecular complexity index is 2080. The van der Waals surface area contributed by atoms with E-state index in [0.29, 0.717) is 54.4 Å². The summed E-state index contributed by atoms with van der Waals surface area (Å²) >= 11 is 6.94. The van der Waals surface area contributed by atoms with Gasteiger partial charge in [-0.25, -0.2) is 9.37 Å². The molecule has 0 radical (unpaired) electrons. The molecule has 1 fully saturated rings. The van der Waals surface area contributed by atoms with Crippen LogP contribution in [0.3, 0.4) is 0 Å². The minimum absolute atomic E-state index is 0.0151. The number of carbonyl (C=O) groups is 2. The number of amides is 1. The fraction of sp³-hybridized carbons (Fsp3) is 0.351. The fourth-order valence-electron chi connectivity index (χ4n) is 7.40. The zero-order valence-electron chi connectivity index (χ0n) is 27.6. The molecule has 0 spiro atoms. The van der Waals surface area contributed by atoms with Crippen molar-refractivity contribution in [3.05, 3.63) is 98.6 Å². The first kappa shape index (κ1) is 33.7. The van der Waals surface area contributed by atoms with Gasteiger partial charge in [0.15, 0.2) is 17.4 Å². The molecule has 50 heavy (non-hydrogen) atoms. The van der Waals surface area contributed by atoms with E-state index in [9.17, 15) is 20.0 Å². The van der Waals surface area contributed by atoms with Crippen LogP contribution in [0.15, 0.2) is 42.5 Å². The summed E-state index contributed by atoms with van der Waals surface area (Å²) in [6, 6.07) is 14.2. The molecular weight excluding hydrogens is 666 g/mol. The Morgan fingerprint density at radius 3 is 2.64 bits per heavy atom. The molecule has 0 bridgehead atoms. The van der Waals surface area contributed by atoms with E-state index < -0.39 is 35.4 Å². The summed E-state index contributed by atoms with van der Waals surface area (Å²) in [5.74, 6) is -4.36. The number of rotatable bonds is 8. The second-order valence-corrected chi connectivity index (χ2v) is 13.6. The highest BCUT2D eigenvalue weighted by atomic mass is 35.5. The van der Waals surface area contributed by atoms with E-state index in [2.05, 4.69) is 15.2 Å². The molecule has 2 N–H and O–H groups in total. The van der Waals surface area contributed by atoms with Gasteiger partial charge in [-0.05, 0) is 61.7 Å². The SMILES string of the molecule is CN1CCc2c(nc(C(=O)Nc3cccc(-c4cccc5c4CCC5Oc4c(C#N)cc(CN5CCC(C(=O)O)C5)c(F)c4F)c3Cl)n2C)C1. The molecule has 1 aromatic heterocycles. The normalized spacial score (nSPS) is 18.8. The predicted molar refractivity (Wildman–Crippen MR) is 182 cm³/mol. The van der Waals surface area contributed by atoms with Gasteiger partial charge >= 0.3 is 5.97 Å². The number of nitriles is 1. The zero-order chi connectivity index (χ0) is 35.3. The summed E-state index contributed by atoms with van der Waals surface area (Å²) in [5.41, 5.74) is 5.39. The van der Waals surface area contributed by atoms with Gasteiger partial charge in [0.1, 0.15) is 12.2 Å². The van der Waals surface area contributed by atoms with E-state index in [1.165, 1.54) is 6.07 Å². The van der Waals surface area contributed by atoms with Crippen molar-refractivity contribution in [3.63, 3.8) is 0 Å². The molecule has 3 aromatic carbocycles. The van der Waals surface area contributed by atoms with E-state index in [-0.39, 0.29) is 30.1 Å². The van der Waals surface area contributed by atoms with Gasteiger partial charge in [0.05, 0.1) is 27.9 Å². The maximum Gasteiger partial charge on any atom is 0.307 e. The van der Waals surface area contributed by atoms with Gasteiger partial charge in [0, 0.05) is 56.5 Å². The van der Waals surface area contributed by atoms with Crippen LogP contribution in [0.4, 0.5) is 14.5 Å². The van der Waals surface area contributed by atoms with Crippen molar-refractivity contribution in [1.82, 2.24) is 19.4 Å². The number of fused-ring (bicyclic) bond motifs is 2. The van der Waals surface area contributed by atoms with Gasteiger partial charge in [0.25, 0.3) is 5.91 Å². The molecule has 4 aromatic rings. The van der Waals surface area contributed by atoms with Crippen LogP contribution in [-0.4, -0.2) is 63.0 Å². The van der Waals surface area contributed by atoms with Crippen LogP contribution in [-0.2, 0) is 37.8 Å². The number of nitrogens with one attached hydrogen (secondary N) is 1. The fourth-order valence-corrected chi connectivity index (χ4v) is 7.68. The molecule has 13 heteroatoms. The van der Waals surface area contributed by atoms with Crippen molar-refractivity contribution in [2.45, 2.75) is 44.9 Å². The molecule has 1 saturated heterocycles. The third kappa shape index (κ3) is 6.10. The van der Waals surface area contributed by atoms with E-state index in [0.717, 1.165) is 41.0 Å². The van der Waals surface area contributed by atoms with E-state index in [4.69, 9.17) is 16.3 Å². The minimum Gasteiger partial charge on any atom is -0.481 e. The first-order valence-electron chi connectivity index (χ1n) is 16.5. The Morgan fingerprint density at radius 2 is 1.88 bits per heavy atom. The van der Waals surface area contributed by atoms with Crippen molar-refractivity contribution in [2.75, 3.05) is 32.0 Å². The highest BCUT2D eigenvalue weighted by Crippen LogP contribution is 2.44. The van der Waals surface area contributed by atoms with E-state index in [1.54, 1.807) is 17.0 Å². The van der Waals surface area contributed by atoms with Crippen LogP contribution in [0.25, 0.3) is 11.1 Å². The number of carbonyl (C=O) groups excluding carboxylic acids is 1. The summed E-state index contributed by atoms with van der Waals surface area (Å²) < 4.78 is 38.8. The Hall–Kier alpha value is -4.83. The number of ether oxygens (including phenoxy) is 1. The van der Waals surface area contributed by atoms with Crippen molar-refractivity contribution < 1.29 is 28.2 Å². The molecule has 3 heterocycles. The second-order valence-electron chi connectivity index (χ2n) is 13.2. The molecule has 258 valence electrons. The topological polar surface area (TPSA) is 124 Å². The van der Waals surface area contributed by atoms with Gasteiger partial charge in [-0.3, -0.25) is 14.5 Å². The smallest absolute Gasteiger partial charge is 0.307 e. The average Bonchev–Trinajstić information content (AvgIpc) is 3.83. The van der Waals surface area contributed by atoms with Crippen molar-refractivity contribution in [1.29, 1.82) is 5.26 Å². The van der Waals surface area contributed by atoms with Crippen LogP contribution in [0.2, 0.25) is 5.02 Å². The summed E-state index contributed by atoms with van der Waals surface area (Å²) in [6.45, 7) is 2.21. The molecule has 3 aliphatic rings. The molecule has 1 aliphatic carbocycles. The summed E-state index contributed by atoms with van der Waals surface area (Å²) in [4.78, 5) is 33.3. The number of nitrogens with zero attached hydrogens (tertiary/aromatic N) is 5. The number of aromatic nitrogens is 2. The lowest BCUT2D eigenvalue weighted by Crippen LogP contribution is -2.27. The predicted octanol–water partition coefficient (Wildman–Crippen LogP) is 6.10. The number of carboxylic acid groups (broad SMARTS) is 1. The largest absolute Gasteiger partial charge is 0.481 e. The molecular formula is C37H35ClF2N6O4. The van der Waals surface area contributed by atoms with Crippen molar-refractivity contribution in [3.8, 4) is 22.9 Å². The lowest BCUT2D eigenvalue weighted by atomic mass is 9.96. The Labute approximate surface area is 292 Å². The van der Waals surface area contributed by atoms with Crippen molar-refractivity contribution in [2.24, 2.45) is 13.0 Å². The number of anilines is 1. The van der Waals surface area contributed by atoms with Gasteiger partial charge in [-0.1, -0.05) is 41.9 Å². The number of carboxylic acids is 1. The monoisotopic (exact) mass is 700 g/mol. The zero-order valence-corrected chi connectivity index (χ0v) is 28.4. The summed E-state index contributed by atoms with van der Waals surface area (Å²) in [5, 5.41) is 22.5. The quantitative estimate of drug-likeness (QED) is 0.226. The molecule has 0 saturated carbocycles. The Morgan fingerprint density at radius 1 is 1.10 bits per heavy atom. The lowest BCUT2D eigenvalue weighted by Gasteiger charge is -2.21. The van der Waals surface area contributed by atoms with E-state index in [1.807, 2.05) is 49.0 Å². The van der Waals surface area contributed by atoms with Crippen LogP contribution in [0.5, 0.6) is 5.75 Å². The van der Waals surface area contributed by atoms with Gasteiger partial charge < -0.3 is 24.6 Å². The second kappa shape index (κ2) is 13.5. The molecule has 7 rings (SSSR count). The van der Waals surface area contributed by atoms with Gasteiger partial charge in [-0.2, -0.15) is 9.65 Å². The summed E-state index contributed by atoms with van der Waals surface area (Å²) in [7, 11) is 3.87. The maximum atomic E-state index is 15.6. The van der Waals surface area contributed by atoms with Crippen molar-refractivity contribution >= 4 is 29.2 Å². The number of hydrogen-bond donors (Lipinski definition) is 2. The Balaban J connectivity index is 1.12. The van der Waals surface area contributed by atoms with Crippen LogP contribution in [0, 0.1) is 28.9 Å². The third-order valence-electron chi connectivity index (χ3n) is 10.0. The minimum atomic E-state index is -1.25. The molecule has 2 aliphatic heterocycles. The number of halogens is 3. The Kier molecular flexibility index (Phi) is 9.07. The first-order valence-corrected chi connectivity index (χ1v) is 16.9. The number of imidazole rings is 1.